The zero-order valence-corrected chi connectivity index (χ0v) is 19.5. The Morgan fingerprint density at radius 2 is 1.93 bits per heavy atom. The van der Waals surface area contributed by atoms with E-state index >= 15 is 0 Å². The molecule has 10 heteroatoms. The molecule has 2 aromatic heterocycles. The van der Waals surface area contributed by atoms with Crippen molar-refractivity contribution in [2.24, 2.45) is 0 Å². The monoisotopic (exact) mass is 456 g/mol. The van der Waals surface area contributed by atoms with E-state index in [1.165, 1.54) is 11.3 Å². The lowest BCUT2D eigenvalue weighted by Crippen LogP contribution is -2.20. The van der Waals surface area contributed by atoms with Gasteiger partial charge in [-0.1, -0.05) is 20.8 Å². The Morgan fingerprint density at radius 1 is 1.24 bits per heavy atom. The zero-order chi connectivity index (χ0) is 21.6. The third-order valence-corrected chi connectivity index (χ3v) is 8.92. The second-order valence-electron chi connectivity index (χ2n) is 7.91. The molecule has 1 amide bonds. The van der Waals surface area contributed by atoms with Crippen LogP contribution in [0.1, 0.15) is 68.9 Å². The van der Waals surface area contributed by atoms with Crippen molar-refractivity contribution in [3.63, 3.8) is 0 Å². The summed E-state index contributed by atoms with van der Waals surface area (Å²) in [6.07, 6.45) is 0.242. The lowest BCUT2D eigenvalue weighted by atomic mass is 9.98. The fraction of sp³-hybridized carbons (Fsp3) is 0.526. The number of anilines is 1. The van der Waals surface area contributed by atoms with Crippen LogP contribution in [0.2, 0.25) is 0 Å². The number of hydrogen-bond acceptors (Lipinski definition) is 8. The number of sulfone groups is 1. The maximum Gasteiger partial charge on any atom is 0.341 e. The highest BCUT2D eigenvalue weighted by molar-refractivity contribution is 7.90. The number of rotatable bonds is 4. The summed E-state index contributed by atoms with van der Waals surface area (Å²) < 4.78 is 29.2. The van der Waals surface area contributed by atoms with Gasteiger partial charge in [0, 0.05) is 10.3 Å². The molecular formula is C19H24N2O5S3. The van der Waals surface area contributed by atoms with Crippen LogP contribution in [0.5, 0.6) is 0 Å². The van der Waals surface area contributed by atoms with Gasteiger partial charge < -0.3 is 10.1 Å². The van der Waals surface area contributed by atoms with Crippen molar-refractivity contribution < 1.29 is 22.7 Å². The van der Waals surface area contributed by atoms with Crippen LogP contribution in [-0.2, 0) is 32.2 Å². The second-order valence-corrected chi connectivity index (χ2v) is 12.2. The summed E-state index contributed by atoms with van der Waals surface area (Å²) >= 11 is 2.45. The molecule has 29 heavy (non-hydrogen) atoms. The zero-order valence-electron chi connectivity index (χ0n) is 17.0. The molecule has 0 aromatic carbocycles. The summed E-state index contributed by atoms with van der Waals surface area (Å²) in [7, 11) is -3.20. The molecular weight excluding hydrogens is 432 g/mol. The predicted molar refractivity (Wildman–Crippen MR) is 115 cm³/mol. The fourth-order valence-electron chi connectivity index (χ4n) is 3.02. The van der Waals surface area contributed by atoms with E-state index in [0.717, 1.165) is 16.3 Å². The Morgan fingerprint density at radius 3 is 2.52 bits per heavy atom. The molecule has 1 aliphatic rings. The number of nitrogens with zero attached hydrogens (tertiary/aromatic N) is 1. The molecule has 1 N–H and O–H groups in total. The van der Waals surface area contributed by atoms with Crippen molar-refractivity contribution in [1.82, 2.24) is 4.98 Å². The summed E-state index contributed by atoms with van der Waals surface area (Å²) in [4.78, 5) is 31.1. The number of hydrogen-bond donors (Lipinski definition) is 1. The van der Waals surface area contributed by atoms with Gasteiger partial charge in [0.15, 0.2) is 9.84 Å². The maximum absolute atomic E-state index is 12.9. The molecule has 0 fully saturated rings. The SMILES string of the molecule is CCOC(=O)c1c(NC(=O)c2sc(C(C)(C)C)nc2C)sc2c1CCS(=O)(=O)C2. The molecule has 0 saturated carbocycles. The molecule has 3 heterocycles. The number of aryl methyl sites for hydroxylation is 1. The summed E-state index contributed by atoms with van der Waals surface area (Å²) in [6.45, 7) is 9.75. The lowest BCUT2D eigenvalue weighted by molar-refractivity contribution is 0.0527. The number of esters is 1. The molecule has 2 aromatic rings. The lowest BCUT2D eigenvalue weighted by Gasteiger charge is -2.13. The average Bonchev–Trinajstić information content (AvgIpc) is 3.13. The van der Waals surface area contributed by atoms with Gasteiger partial charge in [0.2, 0.25) is 0 Å². The number of ether oxygens (including phenoxy) is 1. The minimum absolute atomic E-state index is 0.0145. The van der Waals surface area contributed by atoms with Gasteiger partial charge in [-0.2, -0.15) is 0 Å². The molecule has 0 atom stereocenters. The van der Waals surface area contributed by atoms with Gasteiger partial charge >= 0.3 is 5.97 Å². The summed E-state index contributed by atoms with van der Waals surface area (Å²) in [6, 6.07) is 0. The summed E-state index contributed by atoms with van der Waals surface area (Å²) in [5.41, 5.74) is 1.38. The van der Waals surface area contributed by atoms with Gasteiger partial charge in [-0.15, -0.1) is 22.7 Å². The number of nitrogens with one attached hydrogen (secondary N) is 1. The fourth-order valence-corrected chi connectivity index (χ4v) is 7.07. The van der Waals surface area contributed by atoms with Crippen molar-refractivity contribution in [2.75, 3.05) is 17.7 Å². The number of carbonyl (C=O) groups excluding carboxylic acids is 2. The van der Waals surface area contributed by atoms with Crippen LogP contribution >= 0.6 is 22.7 Å². The first-order valence-corrected chi connectivity index (χ1v) is 12.7. The Kier molecular flexibility index (Phi) is 5.90. The normalized spacial score (nSPS) is 15.6. The van der Waals surface area contributed by atoms with E-state index in [-0.39, 0.29) is 41.4 Å². The minimum atomic E-state index is -3.20. The largest absolute Gasteiger partial charge is 0.462 e. The summed E-state index contributed by atoms with van der Waals surface area (Å²) in [5.74, 6) is -1.04. The van der Waals surface area contributed by atoms with Gasteiger partial charge in [0.25, 0.3) is 5.91 Å². The van der Waals surface area contributed by atoms with Gasteiger partial charge in [-0.25, -0.2) is 18.2 Å². The van der Waals surface area contributed by atoms with E-state index < -0.39 is 15.8 Å². The van der Waals surface area contributed by atoms with E-state index in [4.69, 9.17) is 4.74 Å². The summed E-state index contributed by atoms with van der Waals surface area (Å²) in [5, 5.41) is 3.99. The number of carbonyl (C=O) groups is 2. The number of aromatic nitrogens is 1. The van der Waals surface area contributed by atoms with Gasteiger partial charge in [0.1, 0.15) is 9.88 Å². The number of thiophene rings is 1. The smallest absolute Gasteiger partial charge is 0.341 e. The topological polar surface area (TPSA) is 102 Å². The van der Waals surface area contributed by atoms with Crippen LogP contribution in [0, 0.1) is 6.92 Å². The average molecular weight is 457 g/mol. The quantitative estimate of drug-likeness (QED) is 0.704. The standard InChI is InChI=1S/C19H24N2O5S3/c1-6-26-17(23)13-11-7-8-29(24,25)9-12(11)27-16(13)21-15(22)14-10(2)20-18(28-14)19(3,4)5/h6-9H2,1-5H3,(H,21,22). The first-order chi connectivity index (χ1) is 13.4. The van der Waals surface area contributed by atoms with E-state index in [0.29, 0.717) is 26.0 Å². The molecule has 1 aliphatic heterocycles. The Labute approximate surface area is 178 Å². The maximum atomic E-state index is 12.9. The molecule has 3 rings (SSSR count). The number of amides is 1. The Bertz CT molecular complexity index is 1070. The molecule has 0 saturated heterocycles. The highest BCUT2D eigenvalue weighted by Gasteiger charge is 2.32. The predicted octanol–water partition coefficient (Wildman–Crippen LogP) is 3.71. The molecule has 0 radical (unpaired) electrons. The first kappa shape index (κ1) is 21.9. The number of thiazole rings is 1. The third kappa shape index (κ3) is 4.54. The van der Waals surface area contributed by atoms with E-state index in [9.17, 15) is 18.0 Å². The van der Waals surface area contributed by atoms with Gasteiger partial charge in [-0.3, -0.25) is 4.79 Å². The van der Waals surface area contributed by atoms with Crippen LogP contribution in [0.15, 0.2) is 0 Å². The Balaban J connectivity index is 1.99. The molecule has 7 nitrogen and oxygen atoms in total. The molecule has 158 valence electrons. The highest BCUT2D eigenvalue weighted by Crippen LogP contribution is 2.39. The molecule has 0 aliphatic carbocycles. The number of fused-ring (bicyclic) bond motifs is 1. The van der Waals surface area contributed by atoms with E-state index in [2.05, 4.69) is 10.3 Å². The minimum Gasteiger partial charge on any atom is -0.462 e. The van der Waals surface area contributed by atoms with Crippen LogP contribution < -0.4 is 5.32 Å². The van der Waals surface area contributed by atoms with Crippen molar-refractivity contribution >= 4 is 49.4 Å². The van der Waals surface area contributed by atoms with E-state index in [1.807, 2.05) is 20.8 Å². The van der Waals surface area contributed by atoms with Gasteiger partial charge in [0.05, 0.1) is 34.4 Å². The van der Waals surface area contributed by atoms with Crippen molar-refractivity contribution in [2.45, 2.75) is 52.2 Å². The van der Waals surface area contributed by atoms with Crippen molar-refractivity contribution in [1.29, 1.82) is 0 Å². The van der Waals surface area contributed by atoms with Crippen molar-refractivity contribution in [3.05, 3.63) is 31.6 Å². The Hall–Kier alpha value is -1.78. The van der Waals surface area contributed by atoms with Gasteiger partial charge in [-0.05, 0) is 25.8 Å². The molecule has 0 unspecified atom stereocenters. The van der Waals surface area contributed by atoms with Crippen LogP contribution in [-0.4, -0.2) is 37.6 Å². The van der Waals surface area contributed by atoms with Crippen LogP contribution in [0.25, 0.3) is 0 Å². The third-order valence-electron chi connectivity index (χ3n) is 4.46. The van der Waals surface area contributed by atoms with E-state index in [1.54, 1.807) is 13.8 Å². The van der Waals surface area contributed by atoms with Crippen molar-refractivity contribution in [3.8, 4) is 0 Å². The second kappa shape index (κ2) is 7.81. The molecule has 0 spiro atoms. The highest BCUT2D eigenvalue weighted by atomic mass is 32.2. The van der Waals surface area contributed by atoms with Crippen LogP contribution in [0.4, 0.5) is 5.00 Å². The molecule has 0 bridgehead atoms. The first-order valence-electron chi connectivity index (χ1n) is 9.24. The van der Waals surface area contributed by atoms with Crippen LogP contribution in [0.3, 0.4) is 0 Å².